The first-order valence-electron chi connectivity index (χ1n) is 7.22. The molecule has 21 heavy (non-hydrogen) atoms. The SMILES string of the molecule is CCCN(CCC)S(=O)(=O)NCCOc1cccc(N)c1. The normalized spacial score (nSPS) is 11.8. The van der Waals surface area contributed by atoms with Crippen LogP contribution in [0.2, 0.25) is 0 Å². The van der Waals surface area contributed by atoms with E-state index in [9.17, 15) is 8.42 Å². The Morgan fingerprint density at radius 2 is 1.90 bits per heavy atom. The zero-order valence-electron chi connectivity index (χ0n) is 12.7. The average Bonchev–Trinajstić information content (AvgIpc) is 2.43. The molecule has 0 spiro atoms. The summed E-state index contributed by atoms with van der Waals surface area (Å²) in [5.74, 6) is 0.633. The first-order valence-corrected chi connectivity index (χ1v) is 8.66. The van der Waals surface area contributed by atoms with Crippen molar-refractivity contribution in [3.63, 3.8) is 0 Å². The van der Waals surface area contributed by atoms with Crippen LogP contribution in [-0.2, 0) is 10.2 Å². The fourth-order valence-electron chi connectivity index (χ4n) is 1.89. The number of rotatable bonds is 10. The van der Waals surface area contributed by atoms with Gasteiger partial charge in [-0.25, -0.2) is 0 Å². The molecular formula is C14H25N3O3S. The number of ether oxygens (including phenoxy) is 1. The molecular weight excluding hydrogens is 290 g/mol. The molecule has 0 aliphatic heterocycles. The van der Waals surface area contributed by atoms with Crippen LogP contribution in [-0.4, -0.2) is 39.0 Å². The Hall–Kier alpha value is -1.31. The topological polar surface area (TPSA) is 84.7 Å². The summed E-state index contributed by atoms with van der Waals surface area (Å²) in [6.45, 7) is 5.45. The molecule has 7 heteroatoms. The van der Waals surface area contributed by atoms with Crippen molar-refractivity contribution in [2.45, 2.75) is 26.7 Å². The van der Waals surface area contributed by atoms with E-state index in [0.717, 1.165) is 12.8 Å². The van der Waals surface area contributed by atoms with Crippen LogP contribution in [0.5, 0.6) is 5.75 Å². The molecule has 1 aromatic carbocycles. The summed E-state index contributed by atoms with van der Waals surface area (Å²) in [6, 6.07) is 7.04. The van der Waals surface area contributed by atoms with Crippen LogP contribution in [0, 0.1) is 0 Å². The number of benzene rings is 1. The maximum atomic E-state index is 12.1. The van der Waals surface area contributed by atoms with Crippen molar-refractivity contribution in [1.29, 1.82) is 0 Å². The minimum Gasteiger partial charge on any atom is -0.492 e. The first kappa shape index (κ1) is 17.7. The standard InChI is InChI=1S/C14H25N3O3S/c1-3-9-17(10-4-2)21(18,19)16-8-11-20-14-7-5-6-13(15)12-14/h5-7,12,16H,3-4,8-11,15H2,1-2H3. The second-order valence-electron chi connectivity index (χ2n) is 4.72. The third kappa shape index (κ3) is 6.33. The molecule has 0 unspecified atom stereocenters. The van der Waals surface area contributed by atoms with Crippen molar-refractivity contribution in [3.05, 3.63) is 24.3 Å². The lowest BCUT2D eigenvalue weighted by molar-refractivity contribution is 0.319. The molecule has 0 aromatic heterocycles. The lowest BCUT2D eigenvalue weighted by Crippen LogP contribution is -2.42. The number of nitrogen functional groups attached to an aromatic ring is 1. The van der Waals surface area contributed by atoms with Gasteiger partial charge in [0.25, 0.3) is 10.2 Å². The largest absolute Gasteiger partial charge is 0.492 e. The second-order valence-corrected chi connectivity index (χ2v) is 6.47. The highest BCUT2D eigenvalue weighted by molar-refractivity contribution is 7.87. The summed E-state index contributed by atoms with van der Waals surface area (Å²) in [5.41, 5.74) is 6.26. The predicted molar refractivity (Wildman–Crippen MR) is 85.4 cm³/mol. The molecule has 3 N–H and O–H groups in total. The van der Waals surface area contributed by atoms with Crippen LogP contribution in [0.3, 0.4) is 0 Å². The van der Waals surface area contributed by atoms with Crippen LogP contribution >= 0.6 is 0 Å². The second kappa shape index (κ2) is 8.86. The third-order valence-electron chi connectivity index (χ3n) is 2.80. The number of hydrogen-bond acceptors (Lipinski definition) is 4. The molecule has 0 heterocycles. The van der Waals surface area contributed by atoms with Crippen molar-refractivity contribution < 1.29 is 13.2 Å². The zero-order chi connectivity index (χ0) is 15.7. The maximum Gasteiger partial charge on any atom is 0.279 e. The van der Waals surface area contributed by atoms with Gasteiger partial charge in [-0.15, -0.1) is 0 Å². The van der Waals surface area contributed by atoms with Crippen LogP contribution in [0.15, 0.2) is 24.3 Å². The fourth-order valence-corrected chi connectivity index (χ4v) is 3.26. The summed E-state index contributed by atoms with van der Waals surface area (Å²) in [6.07, 6.45) is 1.58. The van der Waals surface area contributed by atoms with E-state index in [2.05, 4.69) is 4.72 Å². The lowest BCUT2D eigenvalue weighted by Gasteiger charge is -2.21. The molecule has 6 nitrogen and oxygen atoms in total. The highest BCUT2D eigenvalue weighted by Gasteiger charge is 2.19. The minimum atomic E-state index is -3.43. The monoisotopic (exact) mass is 315 g/mol. The van der Waals surface area contributed by atoms with E-state index >= 15 is 0 Å². The van der Waals surface area contributed by atoms with Crippen molar-refractivity contribution in [1.82, 2.24) is 9.03 Å². The van der Waals surface area contributed by atoms with Gasteiger partial charge in [0.1, 0.15) is 12.4 Å². The van der Waals surface area contributed by atoms with E-state index in [4.69, 9.17) is 10.5 Å². The summed E-state index contributed by atoms with van der Waals surface area (Å²) in [5, 5.41) is 0. The molecule has 0 saturated carbocycles. The maximum absolute atomic E-state index is 12.1. The van der Waals surface area contributed by atoms with Gasteiger partial charge < -0.3 is 10.5 Å². The number of hydrogen-bond donors (Lipinski definition) is 2. The van der Waals surface area contributed by atoms with Gasteiger partial charge in [0, 0.05) is 31.4 Å². The highest BCUT2D eigenvalue weighted by Crippen LogP contribution is 2.13. The van der Waals surface area contributed by atoms with Gasteiger partial charge in [-0.05, 0) is 25.0 Å². The number of nitrogens with zero attached hydrogens (tertiary/aromatic N) is 1. The molecule has 0 atom stereocenters. The fraction of sp³-hybridized carbons (Fsp3) is 0.571. The van der Waals surface area contributed by atoms with Crippen molar-refractivity contribution >= 4 is 15.9 Å². The van der Waals surface area contributed by atoms with E-state index in [-0.39, 0.29) is 13.2 Å². The van der Waals surface area contributed by atoms with Gasteiger partial charge in [0.05, 0.1) is 0 Å². The number of anilines is 1. The smallest absolute Gasteiger partial charge is 0.279 e. The van der Waals surface area contributed by atoms with Crippen LogP contribution in [0.1, 0.15) is 26.7 Å². The Labute approximate surface area is 127 Å². The van der Waals surface area contributed by atoms with Gasteiger partial charge in [-0.3, -0.25) is 0 Å². The molecule has 120 valence electrons. The van der Waals surface area contributed by atoms with Crippen LogP contribution in [0.25, 0.3) is 0 Å². The van der Waals surface area contributed by atoms with E-state index < -0.39 is 10.2 Å². The summed E-state index contributed by atoms with van der Waals surface area (Å²) >= 11 is 0. The van der Waals surface area contributed by atoms with Gasteiger partial charge >= 0.3 is 0 Å². The molecule has 0 bridgehead atoms. The van der Waals surface area contributed by atoms with Gasteiger partial charge in [0.2, 0.25) is 0 Å². The summed E-state index contributed by atoms with van der Waals surface area (Å²) in [4.78, 5) is 0. The highest BCUT2D eigenvalue weighted by atomic mass is 32.2. The Morgan fingerprint density at radius 1 is 1.24 bits per heavy atom. The van der Waals surface area contributed by atoms with E-state index in [1.807, 2.05) is 13.8 Å². The van der Waals surface area contributed by atoms with Crippen molar-refractivity contribution in [2.24, 2.45) is 0 Å². The van der Waals surface area contributed by atoms with Gasteiger partial charge in [0.15, 0.2) is 0 Å². The lowest BCUT2D eigenvalue weighted by atomic mass is 10.3. The molecule has 1 aromatic rings. The first-order chi connectivity index (χ1) is 9.99. The summed E-state index contributed by atoms with van der Waals surface area (Å²) < 4.78 is 33.7. The number of nitrogens with one attached hydrogen (secondary N) is 1. The van der Waals surface area contributed by atoms with E-state index in [1.54, 1.807) is 24.3 Å². The molecule has 1 rings (SSSR count). The number of nitrogens with two attached hydrogens (primary N) is 1. The predicted octanol–water partition coefficient (Wildman–Crippen LogP) is 1.60. The van der Waals surface area contributed by atoms with Crippen molar-refractivity contribution in [3.8, 4) is 5.75 Å². The van der Waals surface area contributed by atoms with Gasteiger partial charge in [-0.2, -0.15) is 17.4 Å². The van der Waals surface area contributed by atoms with Crippen LogP contribution < -0.4 is 15.2 Å². The molecule has 0 saturated heterocycles. The quantitative estimate of drug-likeness (QED) is 0.507. The Morgan fingerprint density at radius 3 is 2.48 bits per heavy atom. The molecule has 0 aliphatic rings. The summed E-state index contributed by atoms with van der Waals surface area (Å²) in [7, 11) is -3.43. The van der Waals surface area contributed by atoms with E-state index in [1.165, 1.54) is 4.31 Å². The van der Waals surface area contributed by atoms with Crippen LogP contribution in [0.4, 0.5) is 5.69 Å². The van der Waals surface area contributed by atoms with E-state index in [0.29, 0.717) is 24.5 Å². The van der Waals surface area contributed by atoms with Crippen molar-refractivity contribution in [2.75, 3.05) is 32.0 Å². The Bertz CT molecular complexity index is 514. The molecule has 0 amide bonds. The molecule has 0 fully saturated rings. The minimum absolute atomic E-state index is 0.223. The van der Waals surface area contributed by atoms with Gasteiger partial charge in [-0.1, -0.05) is 19.9 Å². The molecule has 0 aliphatic carbocycles. The Balaban J connectivity index is 2.42. The zero-order valence-corrected chi connectivity index (χ0v) is 13.5. The average molecular weight is 315 g/mol. The third-order valence-corrected chi connectivity index (χ3v) is 4.41. The Kier molecular flexibility index (Phi) is 7.49. The molecule has 0 radical (unpaired) electrons.